The molecule has 0 spiro atoms. The van der Waals surface area contributed by atoms with Gasteiger partial charge in [0.15, 0.2) is 10.7 Å². The Morgan fingerprint density at radius 3 is 2.81 bits per heavy atom. The van der Waals surface area contributed by atoms with Crippen molar-refractivity contribution in [2.24, 2.45) is 0 Å². The van der Waals surface area contributed by atoms with Crippen molar-refractivity contribution in [3.63, 3.8) is 0 Å². The van der Waals surface area contributed by atoms with Crippen molar-refractivity contribution in [1.82, 2.24) is 18.9 Å². The average molecular weight is 362 g/mol. The summed E-state index contributed by atoms with van der Waals surface area (Å²) in [6.45, 7) is -0.484. The Labute approximate surface area is 125 Å². The van der Waals surface area contributed by atoms with Crippen LogP contribution in [0.15, 0.2) is 17.2 Å². The van der Waals surface area contributed by atoms with Gasteiger partial charge in [0, 0.05) is 12.4 Å². The molecule has 3 heterocycles. The van der Waals surface area contributed by atoms with Gasteiger partial charge in [-0.15, -0.1) is 0 Å². The molecule has 4 atom stereocenters. The molecule has 10 nitrogen and oxygen atoms in total. The fourth-order valence-electron chi connectivity index (χ4n) is 2.27. The van der Waals surface area contributed by atoms with E-state index in [2.05, 4.69) is 25.9 Å². The number of nitrogen functional groups attached to an aromatic ring is 1. The Morgan fingerprint density at radius 1 is 1.48 bits per heavy atom. The van der Waals surface area contributed by atoms with Gasteiger partial charge in [-0.05, 0) is 15.9 Å². The maximum Gasteiger partial charge on any atom is 0.357 e. The van der Waals surface area contributed by atoms with E-state index in [0.29, 0.717) is 0 Å². The fraction of sp³-hybridized carbons (Fsp3) is 0.500. The molecule has 114 valence electrons. The van der Waals surface area contributed by atoms with Crippen LogP contribution in [0.5, 0.6) is 0 Å². The highest BCUT2D eigenvalue weighted by Gasteiger charge is 2.55. The quantitative estimate of drug-likeness (QED) is 0.440. The molecule has 11 heteroatoms. The molecule has 1 aliphatic rings. The van der Waals surface area contributed by atoms with Crippen molar-refractivity contribution in [2.45, 2.75) is 22.9 Å². The lowest BCUT2D eigenvalue weighted by Crippen LogP contribution is -2.41. The molecule has 3 rings (SSSR count). The van der Waals surface area contributed by atoms with E-state index < -0.39 is 35.2 Å². The van der Waals surface area contributed by atoms with Gasteiger partial charge in [-0.3, -0.25) is 4.57 Å². The Hall–Kier alpha value is -1.53. The highest BCUT2D eigenvalue weighted by molar-refractivity contribution is 9.10. The number of halogens is 1. The SMILES string of the molecule is Nc1nc(=O)n2ccn([C@@H]3O[C@H](CO)[C@@H](O)[C@]3(O)Br)c2n1. The lowest BCUT2D eigenvalue weighted by molar-refractivity contribution is -0.0565. The first-order chi connectivity index (χ1) is 9.86. The highest BCUT2D eigenvalue weighted by atomic mass is 79.9. The third-order valence-electron chi connectivity index (χ3n) is 3.30. The largest absolute Gasteiger partial charge is 0.394 e. The number of ether oxygens (including phenoxy) is 1. The van der Waals surface area contributed by atoms with E-state index in [1.165, 1.54) is 17.0 Å². The molecule has 2 aromatic heterocycles. The molecule has 1 saturated heterocycles. The van der Waals surface area contributed by atoms with Crippen LogP contribution in [0, 0.1) is 0 Å². The van der Waals surface area contributed by atoms with Crippen molar-refractivity contribution in [3.05, 3.63) is 22.9 Å². The second kappa shape index (κ2) is 4.74. The summed E-state index contributed by atoms with van der Waals surface area (Å²) < 4.78 is 5.98. The van der Waals surface area contributed by atoms with Crippen molar-refractivity contribution < 1.29 is 20.1 Å². The number of alkyl halides is 1. The van der Waals surface area contributed by atoms with Crippen LogP contribution < -0.4 is 11.4 Å². The maximum atomic E-state index is 11.7. The number of hydrogen-bond donors (Lipinski definition) is 4. The molecule has 1 fully saturated rings. The number of imidazole rings is 1. The predicted octanol–water partition coefficient (Wildman–Crippen LogP) is -2.19. The Bertz CT molecular complexity index is 743. The number of aliphatic hydroxyl groups excluding tert-OH is 2. The van der Waals surface area contributed by atoms with Gasteiger partial charge < -0.3 is 25.8 Å². The van der Waals surface area contributed by atoms with Gasteiger partial charge in [0.2, 0.25) is 11.7 Å². The number of fused-ring (bicyclic) bond motifs is 1. The van der Waals surface area contributed by atoms with Crippen LogP contribution in [0.25, 0.3) is 5.78 Å². The number of nitrogens with two attached hydrogens (primary N) is 1. The minimum atomic E-state index is -1.87. The summed E-state index contributed by atoms with van der Waals surface area (Å²) in [6, 6.07) is 0. The molecular weight excluding hydrogens is 350 g/mol. The summed E-state index contributed by atoms with van der Waals surface area (Å²) in [6.07, 6.45) is -0.687. The van der Waals surface area contributed by atoms with Crippen LogP contribution in [0.4, 0.5) is 5.95 Å². The molecule has 0 unspecified atom stereocenters. The van der Waals surface area contributed by atoms with Crippen molar-refractivity contribution in [1.29, 1.82) is 0 Å². The molecule has 0 amide bonds. The number of anilines is 1. The normalized spacial score (nSPS) is 32.9. The molecule has 0 saturated carbocycles. The van der Waals surface area contributed by atoms with Gasteiger partial charge in [-0.1, -0.05) is 0 Å². The second-order valence-corrected chi connectivity index (χ2v) is 5.89. The number of aliphatic hydroxyl groups is 3. The zero-order chi connectivity index (χ0) is 15.4. The molecule has 0 aromatic carbocycles. The van der Waals surface area contributed by atoms with Gasteiger partial charge in [-0.25, -0.2) is 9.20 Å². The molecular formula is C10H12BrN5O5. The van der Waals surface area contributed by atoms with Crippen LogP contribution in [0.3, 0.4) is 0 Å². The second-order valence-electron chi connectivity index (χ2n) is 4.62. The standard InChI is InChI=1S/C10H12BrN5O5/c11-10(20)5(18)4(3-17)21-6(10)15-1-2-16-8(15)13-7(12)14-9(16)19/h1-2,4-6,17-18,20H,3H2,(H2,12,14,19)/t4-,5-,6-,10-/m1/s1. The minimum Gasteiger partial charge on any atom is -0.394 e. The smallest absolute Gasteiger partial charge is 0.357 e. The van der Waals surface area contributed by atoms with E-state index in [4.69, 9.17) is 15.6 Å². The predicted molar refractivity (Wildman–Crippen MR) is 72.5 cm³/mol. The van der Waals surface area contributed by atoms with Crippen molar-refractivity contribution in [2.75, 3.05) is 12.3 Å². The van der Waals surface area contributed by atoms with Gasteiger partial charge in [0.1, 0.15) is 12.2 Å². The topological polar surface area (TPSA) is 148 Å². The average Bonchev–Trinajstić information content (AvgIpc) is 2.91. The van der Waals surface area contributed by atoms with Crippen LogP contribution in [0.2, 0.25) is 0 Å². The first kappa shape index (κ1) is 14.4. The summed E-state index contributed by atoms with van der Waals surface area (Å²) in [7, 11) is 0. The highest BCUT2D eigenvalue weighted by Crippen LogP contribution is 2.43. The summed E-state index contributed by atoms with van der Waals surface area (Å²) in [5.74, 6) is -0.142. The van der Waals surface area contributed by atoms with E-state index in [0.717, 1.165) is 4.40 Å². The molecule has 1 aliphatic heterocycles. The molecule has 2 aromatic rings. The summed E-state index contributed by atoms with van der Waals surface area (Å²) >= 11 is 2.99. The Balaban J connectivity index is 2.15. The lowest BCUT2D eigenvalue weighted by Gasteiger charge is -2.25. The summed E-state index contributed by atoms with van der Waals surface area (Å²) in [4.78, 5) is 19.1. The van der Waals surface area contributed by atoms with Crippen LogP contribution in [-0.4, -0.2) is 57.6 Å². The van der Waals surface area contributed by atoms with Crippen molar-refractivity contribution in [3.8, 4) is 0 Å². The zero-order valence-electron chi connectivity index (χ0n) is 10.5. The van der Waals surface area contributed by atoms with Gasteiger partial charge in [-0.2, -0.15) is 9.97 Å². The van der Waals surface area contributed by atoms with Gasteiger partial charge >= 0.3 is 5.69 Å². The number of nitrogens with zero attached hydrogens (tertiary/aromatic N) is 4. The summed E-state index contributed by atoms with van der Waals surface area (Å²) in [5, 5.41) is 29.4. The van der Waals surface area contributed by atoms with E-state index >= 15 is 0 Å². The van der Waals surface area contributed by atoms with E-state index in [9.17, 15) is 15.0 Å². The van der Waals surface area contributed by atoms with E-state index in [1.807, 2.05) is 0 Å². The lowest BCUT2D eigenvalue weighted by atomic mass is 10.1. The molecule has 0 radical (unpaired) electrons. The number of hydrogen-bond acceptors (Lipinski definition) is 8. The van der Waals surface area contributed by atoms with Crippen LogP contribution in [-0.2, 0) is 4.74 Å². The molecule has 0 bridgehead atoms. The fourth-order valence-corrected chi connectivity index (χ4v) is 2.89. The zero-order valence-corrected chi connectivity index (χ0v) is 12.1. The first-order valence-corrected chi connectivity index (χ1v) is 6.74. The number of aromatic nitrogens is 4. The van der Waals surface area contributed by atoms with Crippen LogP contribution in [0.1, 0.15) is 6.23 Å². The third-order valence-corrected chi connectivity index (χ3v) is 4.16. The summed E-state index contributed by atoms with van der Waals surface area (Å²) in [5.41, 5.74) is 4.81. The number of rotatable bonds is 2. The van der Waals surface area contributed by atoms with E-state index in [1.54, 1.807) is 0 Å². The third kappa shape index (κ3) is 2.05. The maximum absolute atomic E-state index is 11.7. The Kier molecular flexibility index (Phi) is 3.26. The molecule has 21 heavy (non-hydrogen) atoms. The molecule has 5 N–H and O–H groups in total. The Morgan fingerprint density at radius 2 is 2.19 bits per heavy atom. The van der Waals surface area contributed by atoms with Gasteiger partial charge in [0.05, 0.1) is 6.61 Å². The monoisotopic (exact) mass is 361 g/mol. The van der Waals surface area contributed by atoms with E-state index in [-0.39, 0.29) is 11.7 Å². The first-order valence-electron chi connectivity index (χ1n) is 5.94. The van der Waals surface area contributed by atoms with Gasteiger partial charge in [0.25, 0.3) is 0 Å². The minimum absolute atomic E-state index is 0.0844. The molecule has 0 aliphatic carbocycles. The van der Waals surface area contributed by atoms with Crippen LogP contribution >= 0.6 is 15.9 Å². The van der Waals surface area contributed by atoms with Crippen molar-refractivity contribution >= 4 is 27.7 Å².